The Hall–Kier alpha value is -1.73. The second-order valence-corrected chi connectivity index (χ2v) is 3.54. The zero-order valence-electron chi connectivity index (χ0n) is 9.48. The summed E-state index contributed by atoms with van der Waals surface area (Å²) >= 11 is 0. The first-order valence-corrected chi connectivity index (χ1v) is 5.38. The molecule has 86 valence electrons. The summed E-state index contributed by atoms with van der Waals surface area (Å²) in [6, 6.07) is 7.34. The summed E-state index contributed by atoms with van der Waals surface area (Å²) in [5, 5.41) is 17.7. The summed E-state index contributed by atoms with van der Waals surface area (Å²) < 4.78 is 0. The molecule has 1 aromatic carbocycles. The van der Waals surface area contributed by atoms with E-state index in [9.17, 15) is 0 Å². The van der Waals surface area contributed by atoms with Gasteiger partial charge in [-0.05, 0) is 31.5 Å². The maximum Gasteiger partial charge on any atom is 0.0992 e. The van der Waals surface area contributed by atoms with Gasteiger partial charge in [0.25, 0.3) is 0 Å². The number of hydrogen-bond acceptors (Lipinski definition) is 4. The third kappa shape index (κ3) is 2.88. The Morgan fingerprint density at radius 3 is 2.81 bits per heavy atom. The maximum atomic E-state index is 8.83. The van der Waals surface area contributed by atoms with Crippen molar-refractivity contribution >= 4 is 11.4 Å². The lowest BCUT2D eigenvalue weighted by molar-refractivity contribution is 0.289. The summed E-state index contributed by atoms with van der Waals surface area (Å²) in [5.74, 6) is 0. The van der Waals surface area contributed by atoms with Crippen molar-refractivity contribution in [3.63, 3.8) is 0 Å². The van der Waals surface area contributed by atoms with Crippen LogP contribution in [0.3, 0.4) is 0 Å². The molecule has 16 heavy (non-hydrogen) atoms. The van der Waals surface area contributed by atoms with E-state index >= 15 is 0 Å². The van der Waals surface area contributed by atoms with Gasteiger partial charge in [-0.25, -0.2) is 0 Å². The molecule has 4 heteroatoms. The largest absolute Gasteiger partial charge is 0.397 e. The summed E-state index contributed by atoms with van der Waals surface area (Å²) in [7, 11) is 0. The van der Waals surface area contributed by atoms with Crippen molar-refractivity contribution in [2.45, 2.75) is 13.3 Å². The number of rotatable bonds is 5. The molecule has 0 saturated carbocycles. The second kappa shape index (κ2) is 5.99. The van der Waals surface area contributed by atoms with Crippen LogP contribution < -0.4 is 10.6 Å². The predicted octanol–water partition coefficient (Wildman–Crippen LogP) is 1.35. The van der Waals surface area contributed by atoms with Crippen molar-refractivity contribution in [1.82, 2.24) is 0 Å². The van der Waals surface area contributed by atoms with Crippen LogP contribution in [0.25, 0.3) is 0 Å². The number of aliphatic hydroxyl groups excluding tert-OH is 1. The van der Waals surface area contributed by atoms with E-state index in [2.05, 4.69) is 11.0 Å². The molecular weight excluding hydrogens is 202 g/mol. The lowest BCUT2D eigenvalue weighted by Gasteiger charge is -2.24. The van der Waals surface area contributed by atoms with E-state index in [0.717, 1.165) is 18.8 Å². The van der Waals surface area contributed by atoms with Crippen LogP contribution in [0.4, 0.5) is 11.4 Å². The highest BCUT2D eigenvalue weighted by Crippen LogP contribution is 2.24. The first-order chi connectivity index (χ1) is 7.72. The van der Waals surface area contributed by atoms with E-state index in [1.807, 2.05) is 6.92 Å². The van der Waals surface area contributed by atoms with E-state index < -0.39 is 0 Å². The zero-order valence-corrected chi connectivity index (χ0v) is 9.48. The Balaban J connectivity index is 2.94. The number of nitriles is 1. The Bertz CT molecular complexity index is 384. The molecule has 0 fully saturated rings. The van der Waals surface area contributed by atoms with E-state index in [1.165, 1.54) is 0 Å². The standard InChI is InChI=1S/C12H17N3O/c1-2-15(6-3-7-16)12-8-10(9-13)4-5-11(12)14/h4-5,8,16H,2-3,6-7,14H2,1H3. The van der Waals surface area contributed by atoms with Crippen LogP contribution >= 0.6 is 0 Å². The van der Waals surface area contributed by atoms with Crippen LogP contribution in [0.15, 0.2) is 18.2 Å². The van der Waals surface area contributed by atoms with Crippen LogP contribution in [0.1, 0.15) is 18.9 Å². The Morgan fingerprint density at radius 2 is 2.25 bits per heavy atom. The SMILES string of the molecule is CCN(CCCO)c1cc(C#N)ccc1N. The summed E-state index contributed by atoms with van der Waals surface area (Å²) in [6.07, 6.45) is 0.698. The van der Waals surface area contributed by atoms with Crippen LogP contribution in [-0.4, -0.2) is 24.8 Å². The molecule has 0 amide bonds. The van der Waals surface area contributed by atoms with Gasteiger partial charge in [-0.15, -0.1) is 0 Å². The highest BCUT2D eigenvalue weighted by atomic mass is 16.3. The summed E-state index contributed by atoms with van der Waals surface area (Å²) in [6.45, 7) is 3.73. The van der Waals surface area contributed by atoms with Crippen molar-refractivity contribution in [3.05, 3.63) is 23.8 Å². The van der Waals surface area contributed by atoms with Gasteiger partial charge in [0.15, 0.2) is 0 Å². The topological polar surface area (TPSA) is 73.3 Å². The molecule has 0 unspecified atom stereocenters. The molecule has 0 saturated heterocycles. The smallest absolute Gasteiger partial charge is 0.0992 e. The predicted molar refractivity (Wildman–Crippen MR) is 65.2 cm³/mol. The molecule has 4 nitrogen and oxygen atoms in total. The van der Waals surface area contributed by atoms with Gasteiger partial charge in [-0.3, -0.25) is 0 Å². The molecule has 3 N–H and O–H groups in total. The Morgan fingerprint density at radius 1 is 1.50 bits per heavy atom. The minimum absolute atomic E-state index is 0.161. The number of nitrogen functional groups attached to an aromatic ring is 1. The van der Waals surface area contributed by atoms with Gasteiger partial charge in [0, 0.05) is 19.7 Å². The maximum absolute atomic E-state index is 8.83. The molecule has 0 radical (unpaired) electrons. The molecule has 0 aromatic heterocycles. The van der Waals surface area contributed by atoms with Gasteiger partial charge < -0.3 is 15.7 Å². The Kier molecular flexibility index (Phi) is 4.62. The molecule has 0 heterocycles. The normalized spacial score (nSPS) is 9.81. The van der Waals surface area contributed by atoms with Crippen LogP contribution in [0.2, 0.25) is 0 Å². The van der Waals surface area contributed by atoms with Crippen LogP contribution in [0, 0.1) is 11.3 Å². The zero-order chi connectivity index (χ0) is 12.0. The second-order valence-electron chi connectivity index (χ2n) is 3.54. The van der Waals surface area contributed by atoms with Crippen molar-refractivity contribution < 1.29 is 5.11 Å². The lowest BCUT2D eigenvalue weighted by Crippen LogP contribution is -2.25. The van der Waals surface area contributed by atoms with Gasteiger partial charge >= 0.3 is 0 Å². The number of nitrogens with zero attached hydrogens (tertiary/aromatic N) is 2. The van der Waals surface area contributed by atoms with Crippen molar-refractivity contribution in [3.8, 4) is 6.07 Å². The van der Waals surface area contributed by atoms with Gasteiger partial charge in [-0.1, -0.05) is 0 Å². The molecule has 0 bridgehead atoms. The van der Waals surface area contributed by atoms with Gasteiger partial charge in [0.05, 0.1) is 23.0 Å². The first kappa shape index (κ1) is 12.3. The highest BCUT2D eigenvalue weighted by Gasteiger charge is 2.08. The molecule has 1 rings (SSSR count). The molecule has 0 atom stereocenters. The number of nitrogens with two attached hydrogens (primary N) is 1. The fraction of sp³-hybridized carbons (Fsp3) is 0.417. The van der Waals surface area contributed by atoms with Crippen LogP contribution in [0.5, 0.6) is 0 Å². The molecular formula is C12H17N3O. The third-order valence-corrected chi connectivity index (χ3v) is 2.47. The average Bonchev–Trinajstić information content (AvgIpc) is 2.32. The van der Waals surface area contributed by atoms with E-state index in [-0.39, 0.29) is 6.61 Å². The summed E-state index contributed by atoms with van der Waals surface area (Å²) in [4.78, 5) is 2.06. The molecule has 0 aliphatic carbocycles. The fourth-order valence-corrected chi connectivity index (χ4v) is 1.60. The Labute approximate surface area is 95.9 Å². The third-order valence-electron chi connectivity index (χ3n) is 2.47. The molecule has 0 spiro atoms. The quantitative estimate of drug-likeness (QED) is 0.733. The summed E-state index contributed by atoms with van der Waals surface area (Å²) in [5.41, 5.74) is 8.02. The number of aliphatic hydroxyl groups is 1. The van der Waals surface area contributed by atoms with E-state index in [0.29, 0.717) is 17.7 Å². The van der Waals surface area contributed by atoms with Crippen molar-refractivity contribution in [1.29, 1.82) is 5.26 Å². The van der Waals surface area contributed by atoms with E-state index in [1.54, 1.807) is 18.2 Å². The minimum atomic E-state index is 0.161. The van der Waals surface area contributed by atoms with Crippen molar-refractivity contribution in [2.24, 2.45) is 0 Å². The first-order valence-electron chi connectivity index (χ1n) is 5.38. The molecule has 0 aliphatic heterocycles. The number of benzene rings is 1. The number of hydrogen-bond donors (Lipinski definition) is 2. The molecule has 1 aromatic rings. The average molecular weight is 219 g/mol. The monoisotopic (exact) mass is 219 g/mol. The van der Waals surface area contributed by atoms with Gasteiger partial charge in [0.1, 0.15) is 0 Å². The highest BCUT2D eigenvalue weighted by molar-refractivity contribution is 5.69. The van der Waals surface area contributed by atoms with Crippen LogP contribution in [-0.2, 0) is 0 Å². The van der Waals surface area contributed by atoms with Crippen molar-refractivity contribution in [2.75, 3.05) is 30.3 Å². The molecule has 0 aliphatic rings. The van der Waals surface area contributed by atoms with Gasteiger partial charge in [-0.2, -0.15) is 5.26 Å². The minimum Gasteiger partial charge on any atom is -0.397 e. The number of anilines is 2. The lowest BCUT2D eigenvalue weighted by atomic mass is 10.1. The van der Waals surface area contributed by atoms with E-state index in [4.69, 9.17) is 16.1 Å². The van der Waals surface area contributed by atoms with Gasteiger partial charge in [0.2, 0.25) is 0 Å². The fourth-order valence-electron chi connectivity index (χ4n) is 1.60.